The lowest BCUT2D eigenvalue weighted by molar-refractivity contribution is 0.564. The van der Waals surface area contributed by atoms with Gasteiger partial charge in [0, 0.05) is 6.04 Å². The summed E-state index contributed by atoms with van der Waals surface area (Å²) in [5.41, 5.74) is 0. The van der Waals surface area contributed by atoms with Crippen molar-refractivity contribution in [3.8, 4) is 0 Å². The highest BCUT2D eigenvalue weighted by atomic mass is 32.2. The Bertz CT molecular complexity index is 210. The van der Waals surface area contributed by atoms with Crippen LogP contribution >= 0.6 is 0 Å². The molecule has 0 saturated carbocycles. The quantitative estimate of drug-likeness (QED) is 0.648. The van der Waals surface area contributed by atoms with Gasteiger partial charge in [-0.15, -0.1) is 0 Å². The molecule has 0 aromatic rings. The highest BCUT2D eigenvalue weighted by molar-refractivity contribution is 7.89. The zero-order chi connectivity index (χ0) is 10.3. The van der Waals surface area contributed by atoms with Crippen LogP contribution in [-0.2, 0) is 10.0 Å². The largest absolute Gasteiger partial charge is 0.213 e. The summed E-state index contributed by atoms with van der Waals surface area (Å²) in [5, 5.41) is 0. The molecular formula is C9H21NO2S. The van der Waals surface area contributed by atoms with Gasteiger partial charge in [0.1, 0.15) is 0 Å². The van der Waals surface area contributed by atoms with Gasteiger partial charge in [0.25, 0.3) is 0 Å². The number of nitrogens with one attached hydrogen (secondary N) is 1. The van der Waals surface area contributed by atoms with E-state index in [1.54, 1.807) is 0 Å². The molecule has 0 bridgehead atoms. The van der Waals surface area contributed by atoms with Crippen LogP contribution in [0.5, 0.6) is 0 Å². The third-order valence-corrected chi connectivity index (χ3v) is 3.34. The molecule has 0 aromatic carbocycles. The van der Waals surface area contributed by atoms with E-state index < -0.39 is 10.0 Å². The minimum atomic E-state index is -3.01. The van der Waals surface area contributed by atoms with Crippen LogP contribution in [0.4, 0.5) is 0 Å². The normalized spacial score (nSPS) is 12.3. The first-order valence-corrected chi connectivity index (χ1v) is 6.63. The van der Waals surface area contributed by atoms with E-state index in [2.05, 4.69) is 11.6 Å². The van der Waals surface area contributed by atoms with Crippen molar-refractivity contribution >= 4 is 10.0 Å². The van der Waals surface area contributed by atoms with Gasteiger partial charge in [0.15, 0.2) is 0 Å². The second-order valence-corrected chi connectivity index (χ2v) is 5.53. The third-order valence-electron chi connectivity index (χ3n) is 1.68. The highest BCUT2D eigenvalue weighted by Crippen LogP contribution is 2.01. The van der Waals surface area contributed by atoms with E-state index in [1.807, 2.05) is 13.8 Å². The standard InChI is InChI=1S/C9H21NO2S/c1-4-5-6-7-8-13(11,12)10-9(2)3/h9-10H,4-8H2,1-3H3. The van der Waals surface area contributed by atoms with Gasteiger partial charge in [0.05, 0.1) is 5.75 Å². The van der Waals surface area contributed by atoms with E-state index in [9.17, 15) is 8.42 Å². The van der Waals surface area contributed by atoms with Crippen LogP contribution in [-0.4, -0.2) is 20.2 Å². The maximum absolute atomic E-state index is 11.3. The molecule has 0 rings (SSSR count). The smallest absolute Gasteiger partial charge is 0.211 e. The summed E-state index contributed by atoms with van der Waals surface area (Å²) >= 11 is 0. The molecule has 0 saturated heterocycles. The predicted molar refractivity (Wildman–Crippen MR) is 56.2 cm³/mol. The van der Waals surface area contributed by atoms with Crippen molar-refractivity contribution < 1.29 is 8.42 Å². The van der Waals surface area contributed by atoms with Crippen molar-refractivity contribution in [2.75, 3.05) is 5.75 Å². The first-order valence-electron chi connectivity index (χ1n) is 4.98. The number of hydrogen-bond donors (Lipinski definition) is 1. The van der Waals surface area contributed by atoms with E-state index in [0.717, 1.165) is 25.7 Å². The lowest BCUT2D eigenvalue weighted by Crippen LogP contribution is -2.32. The molecule has 1 N–H and O–H groups in total. The van der Waals surface area contributed by atoms with Crippen molar-refractivity contribution in [3.63, 3.8) is 0 Å². The van der Waals surface area contributed by atoms with E-state index in [-0.39, 0.29) is 11.8 Å². The zero-order valence-electron chi connectivity index (χ0n) is 8.84. The fourth-order valence-electron chi connectivity index (χ4n) is 1.14. The molecule has 0 unspecified atom stereocenters. The molecule has 0 heterocycles. The topological polar surface area (TPSA) is 46.2 Å². The van der Waals surface area contributed by atoms with Gasteiger partial charge < -0.3 is 0 Å². The summed E-state index contributed by atoms with van der Waals surface area (Å²) in [5.74, 6) is 0.269. The van der Waals surface area contributed by atoms with Crippen LogP contribution in [0, 0.1) is 0 Å². The molecule has 0 aromatic heterocycles. The van der Waals surface area contributed by atoms with Gasteiger partial charge in [-0.1, -0.05) is 26.2 Å². The van der Waals surface area contributed by atoms with E-state index in [1.165, 1.54) is 0 Å². The fourth-order valence-corrected chi connectivity index (χ4v) is 2.56. The van der Waals surface area contributed by atoms with Gasteiger partial charge in [-0.3, -0.25) is 0 Å². The Morgan fingerprint density at radius 1 is 1.15 bits per heavy atom. The Morgan fingerprint density at radius 3 is 2.23 bits per heavy atom. The van der Waals surface area contributed by atoms with Crippen LogP contribution in [0.15, 0.2) is 0 Å². The van der Waals surface area contributed by atoms with Gasteiger partial charge >= 0.3 is 0 Å². The van der Waals surface area contributed by atoms with Crippen LogP contribution < -0.4 is 4.72 Å². The lowest BCUT2D eigenvalue weighted by atomic mass is 10.2. The SMILES string of the molecule is CCCCCCS(=O)(=O)NC(C)C. The van der Waals surface area contributed by atoms with Crippen LogP contribution in [0.3, 0.4) is 0 Å². The maximum atomic E-state index is 11.3. The maximum Gasteiger partial charge on any atom is 0.211 e. The van der Waals surface area contributed by atoms with Crippen LogP contribution in [0.25, 0.3) is 0 Å². The molecule has 4 heteroatoms. The minimum Gasteiger partial charge on any atom is -0.213 e. The van der Waals surface area contributed by atoms with Crippen molar-refractivity contribution in [1.29, 1.82) is 0 Å². The highest BCUT2D eigenvalue weighted by Gasteiger charge is 2.10. The van der Waals surface area contributed by atoms with Gasteiger partial charge in [0.2, 0.25) is 10.0 Å². The molecule has 3 nitrogen and oxygen atoms in total. The first-order chi connectivity index (χ1) is 5.98. The second-order valence-electron chi connectivity index (χ2n) is 3.65. The average Bonchev–Trinajstić information content (AvgIpc) is 1.95. The molecule has 0 aliphatic rings. The Hall–Kier alpha value is -0.0900. The molecule has 0 aliphatic carbocycles. The summed E-state index contributed by atoms with van der Waals surface area (Å²) in [6.07, 6.45) is 4.04. The minimum absolute atomic E-state index is 0.0103. The van der Waals surface area contributed by atoms with Crippen molar-refractivity contribution in [1.82, 2.24) is 4.72 Å². The molecule has 13 heavy (non-hydrogen) atoms. The molecule has 0 aliphatic heterocycles. The number of rotatable bonds is 7. The average molecular weight is 207 g/mol. The predicted octanol–water partition coefficient (Wildman–Crippen LogP) is 1.89. The number of unbranched alkanes of at least 4 members (excludes halogenated alkanes) is 3. The Labute approximate surface area is 82.0 Å². The summed E-state index contributed by atoms with van der Waals surface area (Å²) in [6, 6.07) is 0.0103. The second kappa shape index (κ2) is 6.38. The van der Waals surface area contributed by atoms with Crippen molar-refractivity contribution in [3.05, 3.63) is 0 Å². The van der Waals surface area contributed by atoms with Crippen LogP contribution in [0.1, 0.15) is 46.5 Å². The molecule has 0 amide bonds. The van der Waals surface area contributed by atoms with Crippen LogP contribution in [0.2, 0.25) is 0 Å². The van der Waals surface area contributed by atoms with Gasteiger partial charge in [-0.05, 0) is 20.3 Å². The van der Waals surface area contributed by atoms with Gasteiger partial charge in [-0.25, -0.2) is 13.1 Å². The Balaban J connectivity index is 3.64. The molecule has 80 valence electrons. The lowest BCUT2D eigenvalue weighted by Gasteiger charge is -2.08. The van der Waals surface area contributed by atoms with Gasteiger partial charge in [-0.2, -0.15) is 0 Å². The molecule has 0 spiro atoms. The monoisotopic (exact) mass is 207 g/mol. The summed E-state index contributed by atoms with van der Waals surface area (Å²) < 4.78 is 25.2. The summed E-state index contributed by atoms with van der Waals surface area (Å²) in [7, 11) is -3.01. The first kappa shape index (κ1) is 12.9. The molecule has 0 atom stereocenters. The molecular weight excluding hydrogens is 186 g/mol. The van der Waals surface area contributed by atoms with Crippen molar-refractivity contribution in [2.45, 2.75) is 52.5 Å². The van der Waals surface area contributed by atoms with E-state index >= 15 is 0 Å². The summed E-state index contributed by atoms with van der Waals surface area (Å²) in [6.45, 7) is 5.79. The molecule has 0 radical (unpaired) electrons. The third kappa shape index (κ3) is 8.25. The number of hydrogen-bond acceptors (Lipinski definition) is 2. The number of sulfonamides is 1. The van der Waals surface area contributed by atoms with E-state index in [4.69, 9.17) is 0 Å². The summed E-state index contributed by atoms with van der Waals surface area (Å²) in [4.78, 5) is 0. The Morgan fingerprint density at radius 2 is 1.77 bits per heavy atom. The zero-order valence-corrected chi connectivity index (χ0v) is 9.65. The fraction of sp³-hybridized carbons (Fsp3) is 1.00. The molecule has 0 fully saturated rings. The Kier molecular flexibility index (Phi) is 6.33. The van der Waals surface area contributed by atoms with E-state index in [0.29, 0.717) is 0 Å². The van der Waals surface area contributed by atoms with Crippen molar-refractivity contribution in [2.24, 2.45) is 0 Å².